The molecule has 0 atom stereocenters. The lowest BCUT2D eigenvalue weighted by Crippen LogP contribution is -2.22. The van der Waals surface area contributed by atoms with Crippen LogP contribution in [0.4, 0.5) is 4.39 Å². The Morgan fingerprint density at radius 2 is 2.06 bits per heavy atom. The van der Waals surface area contributed by atoms with Crippen molar-refractivity contribution in [1.29, 1.82) is 0 Å². The van der Waals surface area contributed by atoms with Crippen molar-refractivity contribution in [3.63, 3.8) is 0 Å². The van der Waals surface area contributed by atoms with Gasteiger partial charge in [0.2, 0.25) is 0 Å². The minimum atomic E-state index is -0.0817. The summed E-state index contributed by atoms with van der Waals surface area (Å²) >= 11 is 0. The molecule has 0 saturated carbocycles. The quantitative estimate of drug-likeness (QED) is 0.776. The van der Waals surface area contributed by atoms with E-state index in [0.717, 1.165) is 30.4 Å². The molecule has 0 unspecified atom stereocenters. The van der Waals surface area contributed by atoms with Crippen LogP contribution in [0.5, 0.6) is 0 Å². The van der Waals surface area contributed by atoms with Gasteiger partial charge in [0.15, 0.2) is 0 Å². The molecule has 0 heterocycles. The number of aryl methyl sites for hydroxylation is 1. The van der Waals surface area contributed by atoms with Crippen molar-refractivity contribution < 1.29 is 4.39 Å². The standard InChI is InChI=1S/C14H22FN/c1-4-5-6-12-7-8-13(14(15)9-12)10-16-11(2)3/h7-9,11,16H,4-6,10H2,1-3H3. The van der Waals surface area contributed by atoms with Crippen LogP contribution in [-0.4, -0.2) is 6.04 Å². The molecule has 0 spiro atoms. The largest absolute Gasteiger partial charge is 0.310 e. The summed E-state index contributed by atoms with van der Waals surface area (Å²) in [5.41, 5.74) is 1.86. The second-order valence-corrected chi connectivity index (χ2v) is 4.56. The molecular weight excluding hydrogens is 201 g/mol. The first-order valence-corrected chi connectivity index (χ1v) is 6.14. The Morgan fingerprint density at radius 1 is 1.31 bits per heavy atom. The van der Waals surface area contributed by atoms with E-state index in [1.54, 1.807) is 6.07 Å². The van der Waals surface area contributed by atoms with Gasteiger partial charge in [-0.1, -0.05) is 39.3 Å². The summed E-state index contributed by atoms with van der Waals surface area (Å²) in [7, 11) is 0. The van der Waals surface area contributed by atoms with Gasteiger partial charge in [0.25, 0.3) is 0 Å². The van der Waals surface area contributed by atoms with Crippen molar-refractivity contribution in [2.24, 2.45) is 0 Å². The molecule has 0 aliphatic rings. The number of halogens is 1. The summed E-state index contributed by atoms with van der Waals surface area (Å²) in [5, 5.41) is 3.23. The molecule has 1 N–H and O–H groups in total. The highest BCUT2D eigenvalue weighted by Crippen LogP contribution is 2.12. The van der Waals surface area contributed by atoms with Crippen molar-refractivity contribution in [2.45, 2.75) is 52.6 Å². The predicted molar refractivity (Wildman–Crippen MR) is 67.0 cm³/mol. The number of unbranched alkanes of at least 4 members (excludes halogenated alkanes) is 1. The van der Waals surface area contributed by atoms with Crippen LogP contribution in [0.3, 0.4) is 0 Å². The lowest BCUT2D eigenvalue weighted by Gasteiger charge is -2.10. The topological polar surface area (TPSA) is 12.0 Å². The molecule has 16 heavy (non-hydrogen) atoms. The number of hydrogen-bond acceptors (Lipinski definition) is 1. The number of benzene rings is 1. The zero-order valence-electron chi connectivity index (χ0n) is 10.5. The van der Waals surface area contributed by atoms with Crippen molar-refractivity contribution in [3.05, 3.63) is 35.1 Å². The minimum absolute atomic E-state index is 0.0817. The zero-order chi connectivity index (χ0) is 12.0. The Morgan fingerprint density at radius 3 is 2.62 bits per heavy atom. The highest BCUT2D eigenvalue weighted by Gasteiger charge is 2.04. The van der Waals surface area contributed by atoms with Gasteiger partial charge in [0.1, 0.15) is 5.82 Å². The van der Waals surface area contributed by atoms with Crippen LogP contribution in [-0.2, 0) is 13.0 Å². The van der Waals surface area contributed by atoms with E-state index in [0.29, 0.717) is 12.6 Å². The lowest BCUT2D eigenvalue weighted by atomic mass is 10.1. The second kappa shape index (κ2) is 6.64. The molecule has 0 aliphatic heterocycles. The zero-order valence-corrected chi connectivity index (χ0v) is 10.5. The molecule has 90 valence electrons. The molecule has 0 saturated heterocycles. The van der Waals surface area contributed by atoms with Crippen molar-refractivity contribution in [2.75, 3.05) is 0 Å². The van der Waals surface area contributed by atoms with E-state index >= 15 is 0 Å². The van der Waals surface area contributed by atoms with E-state index in [1.807, 2.05) is 12.1 Å². The van der Waals surface area contributed by atoms with Crippen LogP contribution in [0.2, 0.25) is 0 Å². The van der Waals surface area contributed by atoms with Crippen LogP contribution in [0.1, 0.15) is 44.7 Å². The first-order chi connectivity index (χ1) is 7.63. The monoisotopic (exact) mass is 223 g/mol. The third-order valence-electron chi connectivity index (χ3n) is 2.64. The van der Waals surface area contributed by atoms with E-state index in [9.17, 15) is 4.39 Å². The maximum Gasteiger partial charge on any atom is 0.127 e. The van der Waals surface area contributed by atoms with Crippen LogP contribution in [0.25, 0.3) is 0 Å². The number of hydrogen-bond donors (Lipinski definition) is 1. The van der Waals surface area contributed by atoms with Crippen LogP contribution in [0.15, 0.2) is 18.2 Å². The second-order valence-electron chi connectivity index (χ2n) is 4.56. The highest BCUT2D eigenvalue weighted by molar-refractivity contribution is 5.24. The molecule has 0 fully saturated rings. The molecule has 1 aromatic rings. The van der Waals surface area contributed by atoms with Gasteiger partial charge in [0.05, 0.1) is 0 Å². The molecule has 2 heteroatoms. The fourth-order valence-electron chi connectivity index (χ4n) is 1.58. The van der Waals surface area contributed by atoms with Gasteiger partial charge < -0.3 is 5.32 Å². The van der Waals surface area contributed by atoms with E-state index < -0.39 is 0 Å². The third-order valence-corrected chi connectivity index (χ3v) is 2.64. The predicted octanol–water partition coefficient (Wildman–Crippen LogP) is 3.67. The summed E-state index contributed by atoms with van der Waals surface area (Å²) in [6.07, 6.45) is 3.26. The van der Waals surface area contributed by atoms with E-state index in [2.05, 4.69) is 26.1 Å². The Balaban J connectivity index is 2.60. The third kappa shape index (κ3) is 4.31. The summed E-state index contributed by atoms with van der Waals surface area (Å²) in [6.45, 7) is 6.88. The maximum absolute atomic E-state index is 13.7. The van der Waals surface area contributed by atoms with Crippen LogP contribution >= 0.6 is 0 Å². The molecule has 1 nitrogen and oxygen atoms in total. The Labute approximate surface area is 98.1 Å². The molecular formula is C14H22FN. The highest BCUT2D eigenvalue weighted by atomic mass is 19.1. The summed E-state index contributed by atoms with van der Waals surface area (Å²) < 4.78 is 13.7. The Kier molecular flexibility index (Phi) is 5.47. The SMILES string of the molecule is CCCCc1ccc(CNC(C)C)c(F)c1. The molecule has 0 amide bonds. The Hall–Kier alpha value is -0.890. The fraction of sp³-hybridized carbons (Fsp3) is 0.571. The first kappa shape index (κ1) is 13.2. The Bertz CT molecular complexity index is 321. The smallest absolute Gasteiger partial charge is 0.127 e. The average molecular weight is 223 g/mol. The molecule has 0 bridgehead atoms. The first-order valence-electron chi connectivity index (χ1n) is 6.14. The fourth-order valence-corrected chi connectivity index (χ4v) is 1.58. The molecule has 0 aromatic heterocycles. The maximum atomic E-state index is 13.7. The van der Waals surface area contributed by atoms with Gasteiger partial charge in [-0.3, -0.25) is 0 Å². The minimum Gasteiger partial charge on any atom is -0.310 e. The molecule has 1 aromatic carbocycles. The average Bonchev–Trinajstić information content (AvgIpc) is 2.24. The van der Waals surface area contributed by atoms with Crippen LogP contribution < -0.4 is 5.32 Å². The van der Waals surface area contributed by atoms with Gasteiger partial charge in [-0.25, -0.2) is 4.39 Å². The summed E-state index contributed by atoms with van der Waals surface area (Å²) in [6, 6.07) is 6.00. The lowest BCUT2D eigenvalue weighted by molar-refractivity contribution is 0.552. The number of nitrogens with one attached hydrogen (secondary N) is 1. The van der Waals surface area contributed by atoms with Gasteiger partial charge in [-0.2, -0.15) is 0 Å². The van der Waals surface area contributed by atoms with Crippen LogP contribution in [0, 0.1) is 5.82 Å². The van der Waals surface area contributed by atoms with Gasteiger partial charge >= 0.3 is 0 Å². The summed E-state index contributed by atoms with van der Waals surface area (Å²) in [4.78, 5) is 0. The van der Waals surface area contributed by atoms with E-state index in [-0.39, 0.29) is 5.82 Å². The van der Waals surface area contributed by atoms with Gasteiger partial charge in [0, 0.05) is 18.2 Å². The van der Waals surface area contributed by atoms with E-state index in [1.165, 1.54) is 0 Å². The van der Waals surface area contributed by atoms with Crippen molar-refractivity contribution in [3.8, 4) is 0 Å². The normalized spacial score (nSPS) is 11.1. The van der Waals surface area contributed by atoms with Crippen molar-refractivity contribution in [1.82, 2.24) is 5.32 Å². The summed E-state index contributed by atoms with van der Waals surface area (Å²) in [5.74, 6) is -0.0817. The van der Waals surface area contributed by atoms with Gasteiger partial charge in [-0.15, -0.1) is 0 Å². The number of rotatable bonds is 6. The van der Waals surface area contributed by atoms with Crippen molar-refractivity contribution >= 4 is 0 Å². The molecule has 0 aliphatic carbocycles. The molecule has 0 radical (unpaired) electrons. The molecule has 1 rings (SSSR count). The van der Waals surface area contributed by atoms with Gasteiger partial charge in [-0.05, 0) is 24.5 Å². The van der Waals surface area contributed by atoms with E-state index in [4.69, 9.17) is 0 Å².